The molecule has 0 aromatic carbocycles. The van der Waals surface area contributed by atoms with Crippen LogP contribution in [0, 0.1) is 17.8 Å². The molecule has 1 aliphatic carbocycles. The summed E-state index contributed by atoms with van der Waals surface area (Å²) < 4.78 is 8.59. The van der Waals surface area contributed by atoms with Gasteiger partial charge in [0.15, 0.2) is 5.13 Å². The summed E-state index contributed by atoms with van der Waals surface area (Å²) in [6, 6.07) is -0.689. The number of aromatic nitrogens is 1. The number of carbonyl (C=O) groups excluding carboxylic acids is 3. The Labute approximate surface area is 273 Å². The van der Waals surface area contributed by atoms with Crippen LogP contribution in [0.4, 0.5) is 9.93 Å². The second-order valence-corrected chi connectivity index (χ2v) is 16.1. The smallest absolute Gasteiger partial charge is 0.413 e. The summed E-state index contributed by atoms with van der Waals surface area (Å²) in [7, 11) is 0. The van der Waals surface area contributed by atoms with Gasteiger partial charge < -0.3 is 25.0 Å². The van der Waals surface area contributed by atoms with Crippen LogP contribution in [0.25, 0.3) is 0 Å². The van der Waals surface area contributed by atoms with Gasteiger partial charge in [-0.3, -0.25) is 14.9 Å². The number of nitrogens with zero attached hydrogens (tertiary/aromatic N) is 1. The Hall–Kier alpha value is -1.37. The third kappa shape index (κ3) is 15.5. The largest absolute Gasteiger partial charge is 0.460 e. The standard InChI is InChI=1S/C29H46Cl3N3O7S/c1-17(2)11-22(36)24(38)21(12-18-9-7-6-8-10-18)34-25(39)19(14-23(37)42-28(3,4)5)13-20-15-43-26(33-20)35-27(40)41-16-29(30,31)32/h15,17-19,21-22,24,36,38H,6-14,16H2,1-5H3,(H,34,39)(H,33,35,40)/t19-,21+,22+,24-/m1/s1. The normalized spacial score (nSPS) is 17.6. The van der Waals surface area contributed by atoms with Gasteiger partial charge in [-0.1, -0.05) is 80.8 Å². The van der Waals surface area contributed by atoms with Crippen LogP contribution in [-0.2, 0) is 25.5 Å². The third-order valence-electron chi connectivity index (χ3n) is 6.95. The van der Waals surface area contributed by atoms with Gasteiger partial charge in [-0.05, 0) is 45.4 Å². The van der Waals surface area contributed by atoms with Gasteiger partial charge in [0.2, 0.25) is 9.70 Å². The zero-order chi connectivity index (χ0) is 32.4. The SMILES string of the molecule is CC(C)C[C@H](O)[C@H](O)[C@H](CC1CCCCC1)NC(=O)[C@@H](CC(=O)OC(C)(C)C)Cc1csc(NC(=O)OCC(Cl)(Cl)Cl)n1. The Bertz CT molecular complexity index is 1040. The van der Waals surface area contributed by atoms with Crippen LogP contribution < -0.4 is 10.6 Å². The first kappa shape index (κ1) is 37.8. The van der Waals surface area contributed by atoms with Crippen molar-refractivity contribution < 1.29 is 34.1 Å². The van der Waals surface area contributed by atoms with E-state index in [4.69, 9.17) is 44.3 Å². The lowest BCUT2D eigenvalue weighted by Gasteiger charge is -2.33. The molecular formula is C29H46Cl3N3O7S. The Morgan fingerprint density at radius 2 is 1.77 bits per heavy atom. The minimum absolute atomic E-state index is 0.0627. The molecule has 4 atom stereocenters. The Morgan fingerprint density at radius 3 is 2.35 bits per heavy atom. The average Bonchev–Trinajstić information content (AvgIpc) is 3.31. The minimum Gasteiger partial charge on any atom is -0.460 e. The highest BCUT2D eigenvalue weighted by molar-refractivity contribution is 7.13. The Morgan fingerprint density at radius 1 is 1.12 bits per heavy atom. The average molecular weight is 687 g/mol. The highest BCUT2D eigenvalue weighted by atomic mass is 35.6. The van der Waals surface area contributed by atoms with Crippen molar-refractivity contribution in [2.24, 2.45) is 17.8 Å². The van der Waals surface area contributed by atoms with Gasteiger partial charge in [0.25, 0.3) is 0 Å². The zero-order valence-corrected chi connectivity index (χ0v) is 28.6. The number of ether oxygens (including phenoxy) is 2. The van der Waals surface area contributed by atoms with Crippen molar-refractivity contribution in [3.8, 4) is 0 Å². The van der Waals surface area contributed by atoms with Crippen molar-refractivity contribution in [3.63, 3.8) is 0 Å². The maximum Gasteiger partial charge on any atom is 0.413 e. The maximum atomic E-state index is 13.8. The van der Waals surface area contributed by atoms with Gasteiger partial charge in [-0.25, -0.2) is 9.78 Å². The van der Waals surface area contributed by atoms with Crippen LogP contribution in [0.1, 0.15) is 91.7 Å². The van der Waals surface area contributed by atoms with Gasteiger partial charge in [-0.2, -0.15) is 0 Å². The first-order chi connectivity index (χ1) is 19.9. The Kier molecular flexibility index (Phi) is 15.3. The van der Waals surface area contributed by atoms with E-state index >= 15 is 0 Å². The quantitative estimate of drug-likeness (QED) is 0.134. The molecule has 2 rings (SSSR count). The number of carbonyl (C=O) groups is 3. The van der Waals surface area contributed by atoms with Gasteiger partial charge in [0, 0.05) is 11.8 Å². The van der Waals surface area contributed by atoms with Gasteiger partial charge in [-0.15, -0.1) is 11.3 Å². The maximum absolute atomic E-state index is 13.8. The van der Waals surface area contributed by atoms with E-state index in [2.05, 4.69) is 15.6 Å². The Balaban J connectivity index is 2.21. The molecule has 10 nitrogen and oxygen atoms in total. The molecule has 0 unspecified atom stereocenters. The lowest BCUT2D eigenvalue weighted by molar-refractivity contribution is -0.157. The predicted octanol–water partition coefficient (Wildman–Crippen LogP) is 6.18. The van der Waals surface area contributed by atoms with E-state index in [0.29, 0.717) is 24.5 Å². The molecule has 1 fully saturated rings. The van der Waals surface area contributed by atoms with Gasteiger partial charge >= 0.3 is 12.1 Å². The molecule has 1 heterocycles. The number of hydrogen-bond acceptors (Lipinski definition) is 9. The van der Waals surface area contributed by atoms with Crippen LogP contribution in [0.15, 0.2) is 5.38 Å². The second-order valence-electron chi connectivity index (χ2n) is 12.7. The first-order valence-corrected chi connectivity index (χ1v) is 16.8. The van der Waals surface area contributed by atoms with Crippen LogP contribution in [0.3, 0.4) is 0 Å². The molecule has 14 heteroatoms. The number of nitrogens with one attached hydrogen (secondary N) is 2. The number of esters is 1. The summed E-state index contributed by atoms with van der Waals surface area (Å²) in [5, 5.41) is 29.2. The minimum atomic E-state index is -1.76. The molecule has 0 aliphatic heterocycles. The lowest BCUT2D eigenvalue weighted by Crippen LogP contribution is -2.51. The molecular weight excluding hydrogens is 641 g/mol. The predicted molar refractivity (Wildman–Crippen MR) is 170 cm³/mol. The molecule has 4 N–H and O–H groups in total. The molecule has 0 spiro atoms. The van der Waals surface area contributed by atoms with E-state index in [1.807, 2.05) is 13.8 Å². The molecule has 0 saturated heterocycles. The first-order valence-electron chi connectivity index (χ1n) is 14.7. The number of thiazole rings is 1. The molecule has 246 valence electrons. The van der Waals surface area contributed by atoms with E-state index in [1.54, 1.807) is 26.2 Å². The molecule has 2 amide bonds. The lowest BCUT2D eigenvalue weighted by atomic mass is 9.82. The molecule has 43 heavy (non-hydrogen) atoms. The van der Waals surface area contributed by atoms with Crippen molar-refractivity contribution >= 4 is 69.2 Å². The van der Waals surface area contributed by atoms with E-state index in [1.165, 1.54) is 6.42 Å². The fourth-order valence-corrected chi connectivity index (χ4v) is 5.95. The molecule has 0 bridgehead atoms. The van der Waals surface area contributed by atoms with Crippen LogP contribution in [0.5, 0.6) is 0 Å². The third-order valence-corrected chi connectivity index (χ3v) is 8.08. The number of hydrogen-bond donors (Lipinski definition) is 4. The van der Waals surface area contributed by atoms with Crippen LogP contribution in [0.2, 0.25) is 0 Å². The van der Waals surface area contributed by atoms with Crippen molar-refractivity contribution in [1.29, 1.82) is 0 Å². The molecule has 1 aromatic heterocycles. The van der Waals surface area contributed by atoms with E-state index in [-0.39, 0.29) is 23.9 Å². The van der Waals surface area contributed by atoms with E-state index in [0.717, 1.165) is 37.0 Å². The number of halogens is 3. The second kappa shape index (κ2) is 17.4. The summed E-state index contributed by atoms with van der Waals surface area (Å²) in [6.07, 6.45) is 3.07. The van der Waals surface area contributed by atoms with Crippen molar-refractivity contribution in [1.82, 2.24) is 10.3 Å². The van der Waals surface area contributed by atoms with Crippen molar-refractivity contribution in [3.05, 3.63) is 11.1 Å². The summed E-state index contributed by atoms with van der Waals surface area (Å²) in [5.41, 5.74) is -0.293. The number of aliphatic hydroxyl groups is 2. The fourth-order valence-electron chi connectivity index (χ4n) is 5.08. The van der Waals surface area contributed by atoms with E-state index in [9.17, 15) is 24.6 Å². The monoisotopic (exact) mass is 685 g/mol. The molecule has 1 aromatic rings. The molecule has 1 aliphatic rings. The summed E-state index contributed by atoms with van der Waals surface area (Å²) in [4.78, 5) is 43.0. The number of aliphatic hydroxyl groups excluding tert-OH is 2. The molecule has 1 saturated carbocycles. The van der Waals surface area contributed by atoms with Crippen molar-refractivity contribution in [2.75, 3.05) is 11.9 Å². The molecule has 0 radical (unpaired) electrons. The van der Waals surface area contributed by atoms with E-state index < -0.39 is 58.1 Å². The van der Waals surface area contributed by atoms with Gasteiger partial charge in [0.05, 0.1) is 30.2 Å². The van der Waals surface area contributed by atoms with Crippen molar-refractivity contribution in [2.45, 2.75) is 120 Å². The number of alkyl halides is 3. The number of anilines is 1. The topological polar surface area (TPSA) is 147 Å². The summed E-state index contributed by atoms with van der Waals surface area (Å²) >= 11 is 17.9. The summed E-state index contributed by atoms with van der Waals surface area (Å²) in [6.45, 7) is 8.68. The summed E-state index contributed by atoms with van der Waals surface area (Å²) in [5.74, 6) is -1.42. The van der Waals surface area contributed by atoms with Crippen LogP contribution >= 0.6 is 46.1 Å². The highest BCUT2D eigenvalue weighted by Crippen LogP contribution is 2.30. The zero-order valence-electron chi connectivity index (χ0n) is 25.5. The van der Waals surface area contributed by atoms with Crippen LogP contribution in [-0.4, -0.2) is 67.4 Å². The highest BCUT2D eigenvalue weighted by Gasteiger charge is 2.34. The van der Waals surface area contributed by atoms with Gasteiger partial charge in [0.1, 0.15) is 18.3 Å². The fraction of sp³-hybridized carbons (Fsp3) is 0.793. The number of amides is 2. The number of rotatable bonds is 14.